The largest absolute Gasteiger partial charge is 0.357 e. The highest BCUT2D eigenvalue weighted by Crippen LogP contribution is 2.19. The van der Waals surface area contributed by atoms with Gasteiger partial charge in [-0.15, -0.1) is 0 Å². The van der Waals surface area contributed by atoms with Crippen LogP contribution in [0.4, 0.5) is 0 Å². The van der Waals surface area contributed by atoms with Crippen molar-refractivity contribution in [2.45, 2.75) is 82.5 Å². The minimum atomic E-state index is -0.890. The molecule has 0 unspecified atom stereocenters. The molecule has 4 atom stereocenters. The van der Waals surface area contributed by atoms with E-state index in [1.807, 2.05) is 0 Å². The summed E-state index contributed by atoms with van der Waals surface area (Å²) in [5, 5.41) is 10.7. The van der Waals surface area contributed by atoms with Gasteiger partial charge in [0.25, 0.3) is 0 Å². The first-order valence-electron chi connectivity index (χ1n) is 12.6. The second-order valence-electron chi connectivity index (χ2n) is 8.93. The van der Waals surface area contributed by atoms with E-state index in [-0.39, 0.29) is 23.5 Å². The van der Waals surface area contributed by atoms with E-state index in [1.54, 1.807) is 0 Å². The summed E-state index contributed by atoms with van der Waals surface area (Å²) in [5.74, 6) is -1.90. The number of thiol groups is 1. The number of hydrogen-bond acceptors (Lipinski definition) is 8. The summed E-state index contributed by atoms with van der Waals surface area (Å²) in [4.78, 5) is 64.5. The maximum atomic E-state index is 13.2. The first-order valence-corrected chi connectivity index (χ1v) is 13.2. The molecule has 36 heavy (non-hydrogen) atoms. The molecule has 1 fully saturated rings. The molecule has 8 N–H and O–H groups in total. The molecule has 12 nitrogen and oxygen atoms in total. The minimum Gasteiger partial charge on any atom is -0.357 e. The topological polar surface area (TPSA) is 189 Å². The number of nitrogens with two attached hydrogens (primary N) is 2. The highest BCUT2D eigenvalue weighted by atomic mass is 32.1. The zero-order valence-electron chi connectivity index (χ0n) is 21.4. The third kappa shape index (κ3) is 10.3. The van der Waals surface area contributed by atoms with E-state index in [0.717, 1.165) is 6.42 Å². The van der Waals surface area contributed by atoms with Crippen LogP contribution in [0, 0.1) is 0 Å². The van der Waals surface area contributed by atoms with Gasteiger partial charge in [0.05, 0.1) is 0 Å². The van der Waals surface area contributed by atoms with Gasteiger partial charge < -0.3 is 37.6 Å². The molecular formula is C23H43N7O5S. The number of nitrogens with one attached hydrogen (secondary N) is 4. The molecule has 0 saturated carbocycles. The van der Waals surface area contributed by atoms with Crippen LogP contribution in [0.15, 0.2) is 0 Å². The third-order valence-corrected chi connectivity index (χ3v) is 6.47. The highest BCUT2D eigenvalue weighted by molar-refractivity contribution is 7.80. The summed E-state index contributed by atoms with van der Waals surface area (Å²) < 4.78 is 0. The molecule has 0 radical (unpaired) electrons. The second-order valence-corrected chi connectivity index (χ2v) is 9.30. The molecule has 206 valence electrons. The lowest BCUT2D eigenvalue weighted by Gasteiger charge is -2.29. The number of nitrogens with zero attached hydrogens (tertiary/aromatic N) is 1. The molecule has 1 rings (SSSR count). The maximum Gasteiger partial charge on any atom is 0.246 e. The van der Waals surface area contributed by atoms with Gasteiger partial charge in [0.15, 0.2) is 0 Å². The van der Waals surface area contributed by atoms with Gasteiger partial charge in [0, 0.05) is 26.3 Å². The van der Waals surface area contributed by atoms with Crippen LogP contribution in [0.3, 0.4) is 0 Å². The van der Waals surface area contributed by atoms with Crippen molar-refractivity contribution in [3.63, 3.8) is 0 Å². The van der Waals surface area contributed by atoms with Crippen molar-refractivity contribution >= 4 is 42.2 Å². The Kier molecular flexibility index (Phi) is 15.1. The summed E-state index contributed by atoms with van der Waals surface area (Å²) in [6, 6.07) is -3.25. The average Bonchev–Trinajstić information content (AvgIpc) is 3.35. The number of carbonyl (C=O) groups excluding carboxylic acids is 5. The van der Waals surface area contributed by atoms with Crippen LogP contribution in [0.5, 0.6) is 0 Å². The summed E-state index contributed by atoms with van der Waals surface area (Å²) in [7, 11) is 1.50. The third-order valence-electron chi connectivity index (χ3n) is 6.10. The maximum absolute atomic E-state index is 13.2. The summed E-state index contributed by atoms with van der Waals surface area (Å²) >= 11 is 4.15. The van der Waals surface area contributed by atoms with E-state index in [9.17, 15) is 24.0 Å². The van der Waals surface area contributed by atoms with E-state index >= 15 is 0 Å². The van der Waals surface area contributed by atoms with Crippen molar-refractivity contribution in [1.29, 1.82) is 0 Å². The number of amides is 5. The Hall–Kier alpha value is -2.38. The van der Waals surface area contributed by atoms with Crippen LogP contribution in [0.25, 0.3) is 0 Å². The fraction of sp³-hybridized carbons (Fsp3) is 0.783. The fourth-order valence-electron chi connectivity index (χ4n) is 4.17. The molecule has 0 spiro atoms. The molecule has 0 bridgehead atoms. The summed E-state index contributed by atoms with van der Waals surface area (Å²) in [6.45, 7) is 2.61. The summed E-state index contributed by atoms with van der Waals surface area (Å²) in [6.07, 6.45) is 4.47. The number of carbonyl (C=O) groups is 5. The van der Waals surface area contributed by atoms with E-state index in [0.29, 0.717) is 64.6 Å². The van der Waals surface area contributed by atoms with E-state index in [1.165, 1.54) is 18.9 Å². The number of hydrogen-bond donors (Lipinski definition) is 7. The SMILES string of the molecule is CNC(=O)[C@H](CCCCN)NC(=O)[C@H](CCCCN)NC(=O)[C@@H]1CCCN1C(=O)[C@H](CS)NC(C)=O. The van der Waals surface area contributed by atoms with Crippen LogP contribution in [0.2, 0.25) is 0 Å². The van der Waals surface area contributed by atoms with Gasteiger partial charge in [0.1, 0.15) is 24.2 Å². The van der Waals surface area contributed by atoms with Crippen molar-refractivity contribution in [3.05, 3.63) is 0 Å². The van der Waals surface area contributed by atoms with Crippen LogP contribution >= 0.6 is 12.6 Å². The predicted molar refractivity (Wildman–Crippen MR) is 140 cm³/mol. The second kappa shape index (κ2) is 17.1. The standard InChI is InChI=1S/C23H43N7O5S/c1-15(31)27-18(14-36)23(35)30-13-7-10-19(30)22(34)29-17(9-4-6-12-25)21(33)28-16(20(32)26-2)8-3-5-11-24/h16-19,36H,3-14,24-25H2,1-2H3,(H,26,32)(H,27,31)(H,28,33)(H,29,34)/t16-,17-,18-,19-/m0/s1. The monoisotopic (exact) mass is 529 g/mol. The molecule has 1 heterocycles. The molecule has 13 heteroatoms. The lowest BCUT2D eigenvalue weighted by molar-refractivity contribution is -0.141. The van der Waals surface area contributed by atoms with Gasteiger partial charge in [-0.25, -0.2) is 0 Å². The summed E-state index contributed by atoms with van der Waals surface area (Å²) in [5.41, 5.74) is 11.1. The minimum absolute atomic E-state index is 0.0956. The van der Waals surface area contributed by atoms with Gasteiger partial charge >= 0.3 is 0 Å². The van der Waals surface area contributed by atoms with Gasteiger partial charge in [-0.3, -0.25) is 24.0 Å². The molecular weight excluding hydrogens is 486 g/mol. The first-order chi connectivity index (χ1) is 17.2. The van der Waals surface area contributed by atoms with Crippen molar-refractivity contribution in [2.75, 3.05) is 32.4 Å². The highest BCUT2D eigenvalue weighted by Gasteiger charge is 2.38. The average molecular weight is 530 g/mol. The molecule has 5 amide bonds. The Morgan fingerprint density at radius 1 is 0.889 bits per heavy atom. The van der Waals surface area contributed by atoms with Crippen molar-refractivity contribution in [3.8, 4) is 0 Å². The zero-order chi connectivity index (χ0) is 27.1. The molecule has 0 aliphatic carbocycles. The van der Waals surface area contributed by atoms with Crippen molar-refractivity contribution in [1.82, 2.24) is 26.2 Å². The lowest BCUT2D eigenvalue weighted by Crippen LogP contribution is -2.58. The van der Waals surface area contributed by atoms with Crippen LogP contribution in [-0.4, -0.2) is 91.0 Å². The molecule has 1 aliphatic rings. The fourth-order valence-corrected chi connectivity index (χ4v) is 4.42. The van der Waals surface area contributed by atoms with Crippen LogP contribution in [0.1, 0.15) is 58.3 Å². The van der Waals surface area contributed by atoms with Gasteiger partial charge in [-0.2, -0.15) is 12.6 Å². The molecule has 0 aromatic heterocycles. The van der Waals surface area contributed by atoms with Crippen LogP contribution < -0.4 is 32.7 Å². The Labute approximate surface area is 218 Å². The number of likely N-dealkylation sites (tertiary alicyclic amines) is 1. The zero-order valence-corrected chi connectivity index (χ0v) is 22.3. The van der Waals surface area contributed by atoms with Gasteiger partial charge in [-0.1, -0.05) is 0 Å². The van der Waals surface area contributed by atoms with Crippen molar-refractivity contribution < 1.29 is 24.0 Å². The quantitative estimate of drug-likeness (QED) is 0.0924. The number of likely N-dealkylation sites (N-methyl/N-ethyl adjacent to an activating group) is 1. The van der Waals surface area contributed by atoms with E-state index < -0.39 is 36.0 Å². The van der Waals surface area contributed by atoms with E-state index in [2.05, 4.69) is 33.9 Å². The normalized spacial score (nSPS) is 17.6. The Morgan fingerprint density at radius 3 is 1.97 bits per heavy atom. The first kappa shape index (κ1) is 31.6. The number of unbranched alkanes of at least 4 members (excludes halogenated alkanes) is 2. The van der Waals surface area contributed by atoms with Gasteiger partial charge in [0.2, 0.25) is 29.5 Å². The molecule has 1 saturated heterocycles. The molecule has 0 aromatic carbocycles. The predicted octanol–water partition coefficient (Wildman–Crippen LogP) is -1.61. The van der Waals surface area contributed by atoms with E-state index in [4.69, 9.17) is 11.5 Å². The van der Waals surface area contributed by atoms with Crippen LogP contribution in [-0.2, 0) is 24.0 Å². The Morgan fingerprint density at radius 2 is 1.47 bits per heavy atom. The molecule has 0 aromatic rings. The number of rotatable bonds is 16. The Bertz CT molecular complexity index is 754. The Balaban J connectivity index is 2.96. The van der Waals surface area contributed by atoms with Gasteiger partial charge in [-0.05, 0) is 64.5 Å². The molecule has 1 aliphatic heterocycles. The smallest absolute Gasteiger partial charge is 0.246 e. The van der Waals surface area contributed by atoms with Crippen molar-refractivity contribution in [2.24, 2.45) is 11.5 Å². The lowest BCUT2D eigenvalue weighted by atomic mass is 10.0.